The number of amides is 2. The van der Waals surface area contributed by atoms with Gasteiger partial charge in [-0.05, 0) is 38.9 Å². The van der Waals surface area contributed by atoms with Gasteiger partial charge < -0.3 is 20.7 Å². The normalized spacial score (nSPS) is 10.9. The fourth-order valence-corrected chi connectivity index (χ4v) is 1.76. The second kappa shape index (κ2) is 8.38. The number of nitrogens with one attached hydrogen (secondary N) is 3. The van der Waals surface area contributed by atoms with E-state index in [1.807, 2.05) is 45.0 Å². The highest BCUT2D eigenvalue weighted by molar-refractivity contribution is 5.77. The Labute approximate surface area is 131 Å². The highest BCUT2D eigenvalue weighted by atomic mass is 16.6. The topological polar surface area (TPSA) is 79.5 Å². The van der Waals surface area contributed by atoms with Gasteiger partial charge in [0.05, 0.1) is 6.54 Å². The number of ether oxygens (including phenoxy) is 1. The molecular weight excluding hydrogens is 282 g/mol. The Morgan fingerprint density at radius 3 is 2.23 bits per heavy atom. The third-order valence-electron chi connectivity index (χ3n) is 2.65. The number of alkyl carbamates (subject to hydrolysis) is 1. The van der Waals surface area contributed by atoms with Crippen molar-refractivity contribution in [3.05, 3.63) is 35.4 Å². The van der Waals surface area contributed by atoms with Crippen molar-refractivity contribution in [2.75, 3.05) is 13.6 Å². The first kappa shape index (κ1) is 18.0. The van der Waals surface area contributed by atoms with Crippen LogP contribution in [0, 0.1) is 0 Å². The number of rotatable bonds is 6. The molecule has 122 valence electrons. The van der Waals surface area contributed by atoms with Crippen LogP contribution < -0.4 is 16.0 Å². The van der Waals surface area contributed by atoms with E-state index in [2.05, 4.69) is 16.0 Å². The van der Waals surface area contributed by atoms with Crippen molar-refractivity contribution in [1.82, 2.24) is 16.0 Å². The van der Waals surface area contributed by atoms with E-state index < -0.39 is 11.7 Å². The molecule has 0 aromatic heterocycles. The van der Waals surface area contributed by atoms with E-state index in [-0.39, 0.29) is 5.91 Å². The molecule has 1 aromatic rings. The van der Waals surface area contributed by atoms with Crippen LogP contribution in [0.5, 0.6) is 0 Å². The van der Waals surface area contributed by atoms with E-state index in [9.17, 15) is 9.59 Å². The Kier molecular flexibility index (Phi) is 6.85. The SMILES string of the molecule is CNCC(=O)NCc1cccc(CNC(=O)OC(C)(C)C)c1. The minimum absolute atomic E-state index is 0.0558. The molecule has 0 bridgehead atoms. The molecule has 0 heterocycles. The largest absolute Gasteiger partial charge is 0.444 e. The standard InChI is InChI=1S/C16H25N3O3/c1-16(2,3)22-15(21)19-10-13-7-5-6-12(8-13)9-18-14(20)11-17-4/h5-8,17H,9-11H2,1-4H3,(H,18,20)(H,19,21). The molecular formula is C16H25N3O3. The molecule has 6 nitrogen and oxygen atoms in total. The second-order valence-electron chi connectivity index (χ2n) is 5.98. The number of carbonyl (C=O) groups is 2. The number of hydrogen-bond donors (Lipinski definition) is 3. The summed E-state index contributed by atoms with van der Waals surface area (Å²) in [5.41, 5.74) is 1.42. The predicted molar refractivity (Wildman–Crippen MR) is 85.3 cm³/mol. The Hall–Kier alpha value is -2.08. The predicted octanol–water partition coefficient (Wildman–Crippen LogP) is 1.55. The van der Waals surface area contributed by atoms with Gasteiger partial charge in [-0.3, -0.25) is 4.79 Å². The maximum atomic E-state index is 11.6. The van der Waals surface area contributed by atoms with Crippen LogP contribution in [0.15, 0.2) is 24.3 Å². The van der Waals surface area contributed by atoms with Crippen LogP contribution in [-0.4, -0.2) is 31.2 Å². The molecule has 0 aliphatic heterocycles. The fraction of sp³-hybridized carbons (Fsp3) is 0.500. The van der Waals surface area contributed by atoms with Crippen LogP contribution in [0.25, 0.3) is 0 Å². The van der Waals surface area contributed by atoms with Gasteiger partial charge in [0.25, 0.3) is 0 Å². The van der Waals surface area contributed by atoms with Crippen molar-refractivity contribution < 1.29 is 14.3 Å². The highest BCUT2D eigenvalue weighted by Gasteiger charge is 2.15. The zero-order valence-corrected chi connectivity index (χ0v) is 13.7. The molecule has 1 rings (SSSR count). The van der Waals surface area contributed by atoms with Crippen molar-refractivity contribution in [2.24, 2.45) is 0 Å². The molecule has 0 saturated heterocycles. The summed E-state index contributed by atoms with van der Waals surface area (Å²) in [6.45, 7) is 6.59. The van der Waals surface area contributed by atoms with Crippen molar-refractivity contribution in [1.29, 1.82) is 0 Å². The van der Waals surface area contributed by atoms with E-state index in [4.69, 9.17) is 4.74 Å². The molecule has 22 heavy (non-hydrogen) atoms. The first-order chi connectivity index (χ1) is 10.3. The summed E-state index contributed by atoms with van der Waals surface area (Å²) in [6, 6.07) is 7.68. The zero-order chi connectivity index (χ0) is 16.6. The van der Waals surface area contributed by atoms with Crippen LogP contribution >= 0.6 is 0 Å². The number of carbonyl (C=O) groups excluding carboxylic acids is 2. The highest BCUT2D eigenvalue weighted by Crippen LogP contribution is 2.08. The molecule has 0 fully saturated rings. The maximum absolute atomic E-state index is 11.6. The van der Waals surface area contributed by atoms with Gasteiger partial charge in [0, 0.05) is 13.1 Å². The lowest BCUT2D eigenvalue weighted by atomic mass is 10.1. The molecule has 0 aliphatic rings. The molecule has 3 N–H and O–H groups in total. The third-order valence-corrected chi connectivity index (χ3v) is 2.65. The quantitative estimate of drug-likeness (QED) is 0.745. The van der Waals surface area contributed by atoms with Gasteiger partial charge >= 0.3 is 6.09 Å². The zero-order valence-electron chi connectivity index (χ0n) is 13.7. The Morgan fingerprint density at radius 1 is 1.09 bits per heavy atom. The van der Waals surface area contributed by atoms with Gasteiger partial charge in [0.1, 0.15) is 5.60 Å². The lowest BCUT2D eigenvalue weighted by Gasteiger charge is -2.19. The number of likely N-dealkylation sites (N-methyl/N-ethyl adjacent to an activating group) is 1. The van der Waals surface area contributed by atoms with Gasteiger partial charge in [-0.2, -0.15) is 0 Å². The molecule has 1 aromatic carbocycles. The minimum Gasteiger partial charge on any atom is -0.444 e. The number of hydrogen-bond acceptors (Lipinski definition) is 4. The lowest BCUT2D eigenvalue weighted by molar-refractivity contribution is -0.120. The summed E-state index contributed by atoms with van der Waals surface area (Å²) in [7, 11) is 1.72. The molecule has 2 amide bonds. The van der Waals surface area contributed by atoms with Crippen LogP contribution in [0.3, 0.4) is 0 Å². The Bertz CT molecular complexity index is 510. The van der Waals surface area contributed by atoms with E-state index in [0.29, 0.717) is 19.6 Å². The third kappa shape index (κ3) is 7.64. The van der Waals surface area contributed by atoms with E-state index in [1.165, 1.54) is 0 Å². The summed E-state index contributed by atoms with van der Waals surface area (Å²) in [5, 5.41) is 8.31. The average molecular weight is 307 g/mol. The molecule has 0 atom stereocenters. The average Bonchev–Trinajstić information content (AvgIpc) is 2.42. The van der Waals surface area contributed by atoms with Crippen LogP contribution in [0.4, 0.5) is 4.79 Å². The van der Waals surface area contributed by atoms with Crippen LogP contribution in [0.1, 0.15) is 31.9 Å². The van der Waals surface area contributed by atoms with Gasteiger partial charge in [0.15, 0.2) is 0 Å². The first-order valence-corrected chi connectivity index (χ1v) is 7.26. The summed E-state index contributed by atoms with van der Waals surface area (Å²) >= 11 is 0. The first-order valence-electron chi connectivity index (χ1n) is 7.26. The van der Waals surface area contributed by atoms with Gasteiger partial charge in [-0.1, -0.05) is 24.3 Å². The maximum Gasteiger partial charge on any atom is 0.407 e. The Morgan fingerprint density at radius 2 is 1.68 bits per heavy atom. The van der Waals surface area contributed by atoms with Crippen LogP contribution in [-0.2, 0) is 22.6 Å². The monoisotopic (exact) mass is 307 g/mol. The molecule has 6 heteroatoms. The van der Waals surface area contributed by atoms with Crippen LogP contribution in [0.2, 0.25) is 0 Å². The van der Waals surface area contributed by atoms with E-state index >= 15 is 0 Å². The summed E-state index contributed by atoms with van der Waals surface area (Å²) < 4.78 is 5.18. The second-order valence-corrected chi connectivity index (χ2v) is 5.98. The van der Waals surface area contributed by atoms with Crippen molar-refractivity contribution >= 4 is 12.0 Å². The van der Waals surface area contributed by atoms with Gasteiger partial charge in [0.2, 0.25) is 5.91 Å². The van der Waals surface area contributed by atoms with E-state index in [1.54, 1.807) is 7.05 Å². The van der Waals surface area contributed by atoms with Gasteiger partial charge in [-0.15, -0.1) is 0 Å². The van der Waals surface area contributed by atoms with Crippen molar-refractivity contribution in [3.8, 4) is 0 Å². The molecule has 0 spiro atoms. The fourth-order valence-electron chi connectivity index (χ4n) is 1.76. The molecule has 0 unspecified atom stereocenters. The van der Waals surface area contributed by atoms with Crippen molar-refractivity contribution in [2.45, 2.75) is 39.5 Å². The summed E-state index contributed by atoms with van der Waals surface area (Å²) in [6.07, 6.45) is -0.444. The Balaban J connectivity index is 2.47. The molecule has 0 aliphatic carbocycles. The number of benzene rings is 1. The molecule has 0 radical (unpaired) electrons. The summed E-state index contributed by atoms with van der Waals surface area (Å²) in [5.74, 6) is -0.0558. The molecule has 0 saturated carbocycles. The lowest BCUT2D eigenvalue weighted by Crippen LogP contribution is -2.32. The van der Waals surface area contributed by atoms with Gasteiger partial charge in [-0.25, -0.2) is 4.79 Å². The van der Waals surface area contributed by atoms with Crippen molar-refractivity contribution in [3.63, 3.8) is 0 Å². The summed E-state index contributed by atoms with van der Waals surface area (Å²) in [4.78, 5) is 23.0. The minimum atomic E-state index is -0.510. The smallest absolute Gasteiger partial charge is 0.407 e. The van der Waals surface area contributed by atoms with E-state index in [0.717, 1.165) is 11.1 Å².